The third-order valence-electron chi connectivity index (χ3n) is 6.40. The summed E-state index contributed by atoms with van der Waals surface area (Å²) in [6.45, 7) is 7.13. The fraction of sp³-hybridized carbons (Fsp3) is 0.708. The predicted octanol–water partition coefficient (Wildman–Crippen LogP) is 2.95. The van der Waals surface area contributed by atoms with E-state index in [9.17, 15) is 5.11 Å². The third-order valence-corrected chi connectivity index (χ3v) is 6.40. The molecule has 0 bridgehead atoms. The molecule has 2 fully saturated rings. The van der Waals surface area contributed by atoms with Gasteiger partial charge in [0.25, 0.3) is 0 Å². The van der Waals surface area contributed by atoms with E-state index in [1.165, 1.54) is 6.42 Å². The molecule has 1 atom stereocenters. The number of aliphatic hydroxyl groups is 1. The van der Waals surface area contributed by atoms with Crippen molar-refractivity contribution in [2.75, 3.05) is 60.2 Å². The SMILES string of the molecule is CCNC(=NCC1(O)CCCCC1)NCC(c1ccc(OC)c(OC)c1)N1CCOCC1.I. The van der Waals surface area contributed by atoms with E-state index in [2.05, 4.69) is 34.6 Å². The smallest absolute Gasteiger partial charge is 0.191 e. The summed E-state index contributed by atoms with van der Waals surface area (Å²) in [6.07, 6.45) is 5.02. The molecule has 0 spiro atoms. The number of guanidine groups is 1. The molecule has 1 saturated carbocycles. The second-order valence-corrected chi connectivity index (χ2v) is 8.64. The highest BCUT2D eigenvalue weighted by molar-refractivity contribution is 14.0. The van der Waals surface area contributed by atoms with Gasteiger partial charge in [-0.05, 0) is 37.5 Å². The number of morpholine rings is 1. The fourth-order valence-electron chi connectivity index (χ4n) is 4.54. The number of aliphatic imine (C=N–C) groups is 1. The van der Waals surface area contributed by atoms with Gasteiger partial charge in [-0.15, -0.1) is 24.0 Å². The van der Waals surface area contributed by atoms with Crippen molar-refractivity contribution in [2.24, 2.45) is 4.99 Å². The number of rotatable bonds is 9. The van der Waals surface area contributed by atoms with Gasteiger partial charge in [-0.3, -0.25) is 9.89 Å². The van der Waals surface area contributed by atoms with Crippen LogP contribution in [0.3, 0.4) is 0 Å². The molecule has 1 aliphatic carbocycles. The molecular weight excluding hydrogens is 535 g/mol. The van der Waals surface area contributed by atoms with Crippen LogP contribution in [-0.2, 0) is 4.74 Å². The first-order chi connectivity index (χ1) is 15.6. The zero-order valence-electron chi connectivity index (χ0n) is 20.3. The quantitative estimate of drug-likeness (QED) is 0.237. The molecule has 1 aromatic carbocycles. The lowest BCUT2D eigenvalue weighted by Crippen LogP contribution is -2.47. The molecule has 9 heteroatoms. The van der Waals surface area contributed by atoms with Crippen LogP contribution in [0.5, 0.6) is 11.5 Å². The summed E-state index contributed by atoms with van der Waals surface area (Å²) in [5.41, 5.74) is 0.479. The second-order valence-electron chi connectivity index (χ2n) is 8.64. The van der Waals surface area contributed by atoms with Crippen LogP contribution in [0.4, 0.5) is 0 Å². The van der Waals surface area contributed by atoms with Crippen LogP contribution in [0, 0.1) is 0 Å². The molecular formula is C24H41IN4O4. The number of methoxy groups -OCH3 is 2. The maximum atomic E-state index is 10.8. The van der Waals surface area contributed by atoms with Crippen LogP contribution in [0.15, 0.2) is 23.2 Å². The van der Waals surface area contributed by atoms with Crippen molar-refractivity contribution < 1.29 is 19.3 Å². The molecule has 1 aromatic rings. The van der Waals surface area contributed by atoms with Gasteiger partial charge in [0.2, 0.25) is 0 Å². The molecule has 3 N–H and O–H groups in total. The van der Waals surface area contributed by atoms with Crippen LogP contribution < -0.4 is 20.1 Å². The zero-order chi connectivity index (χ0) is 22.8. The average Bonchev–Trinajstić information content (AvgIpc) is 2.83. The minimum Gasteiger partial charge on any atom is -0.493 e. The molecule has 0 amide bonds. The van der Waals surface area contributed by atoms with Gasteiger partial charge in [0.05, 0.1) is 45.6 Å². The van der Waals surface area contributed by atoms with E-state index in [1.807, 2.05) is 6.07 Å². The lowest BCUT2D eigenvalue weighted by Gasteiger charge is -2.35. The number of nitrogens with zero attached hydrogens (tertiary/aromatic N) is 2. The third kappa shape index (κ3) is 8.15. The van der Waals surface area contributed by atoms with E-state index in [0.29, 0.717) is 13.1 Å². The first-order valence-electron chi connectivity index (χ1n) is 11.9. The van der Waals surface area contributed by atoms with Gasteiger partial charge in [-0.1, -0.05) is 25.3 Å². The molecule has 1 heterocycles. The monoisotopic (exact) mass is 576 g/mol. The molecule has 188 valence electrons. The van der Waals surface area contributed by atoms with Gasteiger partial charge >= 0.3 is 0 Å². The normalized spacial score (nSPS) is 19.8. The second kappa shape index (κ2) is 14.2. The van der Waals surface area contributed by atoms with Crippen molar-refractivity contribution in [2.45, 2.75) is 50.7 Å². The summed E-state index contributed by atoms with van der Waals surface area (Å²) >= 11 is 0. The number of benzene rings is 1. The number of nitrogens with one attached hydrogen (secondary N) is 2. The minimum absolute atomic E-state index is 0. The highest BCUT2D eigenvalue weighted by Crippen LogP contribution is 2.32. The Morgan fingerprint density at radius 3 is 2.45 bits per heavy atom. The largest absolute Gasteiger partial charge is 0.493 e. The fourth-order valence-corrected chi connectivity index (χ4v) is 4.54. The molecule has 1 aliphatic heterocycles. The summed E-state index contributed by atoms with van der Waals surface area (Å²) < 4.78 is 16.5. The van der Waals surface area contributed by atoms with Gasteiger partial charge < -0.3 is 30.0 Å². The van der Waals surface area contributed by atoms with Crippen LogP contribution in [0.25, 0.3) is 0 Å². The molecule has 0 aromatic heterocycles. The Balaban J connectivity index is 0.00000385. The maximum absolute atomic E-state index is 10.8. The summed E-state index contributed by atoms with van der Waals surface area (Å²) in [5, 5.41) is 17.7. The lowest BCUT2D eigenvalue weighted by molar-refractivity contribution is 0.0129. The Bertz CT molecular complexity index is 737. The van der Waals surface area contributed by atoms with Gasteiger partial charge in [-0.2, -0.15) is 0 Å². The number of hydrogen-bond acceptors (Lipinski definition) is 6. The van der Waals surface area contributed by atoms with E-state index >= 15 is 0 Å². The van der Waals surface area contributed by atoms with E-state index in [-0.39, 0.29) is 30.0 Å². The standard InChI is InChI=1S/C24H40N4O4.HI/c1-4-25-23(27-18-24(29)10-6-5-7-11-24)26-17-20(28-12-14-32-15-13-28)19-8-9-21(30-2)22(16-19)31-3;/h8-9,16,20,29H,4-7,10-15,17-18H2,1-3H3,(H2,25,26,27);1H. The Kier molecular flexibility index (Phi) is 12.0. The van der Waals surface area contributed by atoms with Crippen LogP contribution >= 0.6 is 24.0 Å². The Morgan fingerprint density at radius 2 is 1.82 bits per heavy atom. The minimum atomic E-state index is -0.673. The van der Waals surface area contributed by atoms with Crippen LogP contribution in [0.2, 0.25) is 0 Å². The van der Waals surface area contributed by atoms with Gasteiger partial charge in [0.15, 0.2) is 17.5 Å². The first kappa shape index (κ1) is 27.9. The molecule has 33 heavy (non-hydrogen) atoms. The van der Waals surface area contributed by atoms with E-state index in [0.717, 1.165) is 81.6 Å². The number of ether oxygens (including phenoxy) is 3. The zero-order valence-corrected chi connectivity index (χ0v) is 22.6. The van der Waals surface area contributed by atoms with Crippen molar-refractivity contribution in [3.8, 4) is 11.5 Å². The number of hydrogen-bond donors (Lipinski definition) is 3. The van der Waals surface area contributed by atoms with Crippen molar-refractivity contribution in [3.05, 3.63) is 23.8 Å². The molecule has 8 nitrogen and oxygen atoms in total. The predicted molar refractivity (Wildman–Crippen MR) is 142 cm³/mol. The first-order valence-corrected chi connectivity index (χ1v) is 11.9. The summed E-state index contributed by atoms with van der Waals surface area (Å²) in [7, 11) is 3.31. The van der Waals surface area contributed by atoms with E-state index in [1.54, 1.807) is 14.2 Å². The summed E-state index contributed by atoms with van der Waals surface area (Å²) in [6, 6.07) is 6.23. The average molecular weight is 577 g/mol. The molecule has 3 rings (SSSR count). The topological polar surface area (TPSA) is 87.6 Å². The number of halogens is 1. The van der Waals surface area contributed by atoms with E-state index in [4.69, 9.17) is 19.2 Å². The van der Waals surface area contributed by atoms with Crippen molar-refractivity contribution >= 4 is 29.9 Å². The molecule has 1 unspecified atom stereocenters. The lowest BCUT2D eigenvalue weighted by atomic mass is 9.85. The van der Waals surface area contributed by atoms with Crippen LogP contribution in [-0.4, -0.2) is 81.7 Å². The Labute approximate surface area is 215 Å². The van der Waals surface area contributed by atoms with Crippen molar-refractivity contribution in [1.82, 2.24) is 15.5 Å². The molecule has 0 radical (unpaired) electrons. The van der Waals surface area contributed by atoms with Crippen molar-refractivity contribution in [3.63, 3.8) is 0 Å². The highest BCUT2D eigenvalue weighted by atomic mass is 127. The molecule has 2 aliphatic rings. The highest BCUT2D eigenvalue weighted by Gasteiger charge is 2.29. The van der Waals surface area contributed by atoms with Gasteiger partial charge in [0.1, 0.15) is 0 Å². The molecule has 1 saturated heterocycles. The maximum Gasteiger partial charge on any atom is 0.191 e. The van der Waals surface area contributed by atoms with Crippen LogP contribution in [0.1, 0.15) is 50.6 Å². The van der Waals surface area contributed by atoms with E-state index < -0.39 is 5.60 Å². The summed E-state index contributed by atoms with van der Waals surface area (Å²) in [5.74, 6) is 2.19. The Hall–Kier alpha value is -1.30. The Morgan fingerprint density at radius 1 is 1.12 bits per heavy atom. The van der Waals surface area contributed by atoms with Gasteiger partial charge in [0, 0.05) is 26.2 Å². The summed E-state index contributed by atoms with van der Waals surface area (Å²) in [4.78, 5) is 7.16. The van der Waals surface area contributed by atoms with Crippen molar-refractivity contribution in [1.29, 1.82) is 0 Å². The van der Waals surface area contributed by atoms with Gasteiger partial charge in [-0.25, -0.2) is 0 Å².